The number of carbonyl (C=O) groups is 1. The highest BCUT2D eigenvalue weighted by Crippen LogP contribution is 2.28. The van der Waals surface area contributed by atoms with Gasteiger partial charge in [-0.3, -0.25) is 4.79 Å². The predicted octanol–water partition coefficient (Wildman–Crippen LogP) is 3.07. The van der Waals surface area contributed by atoms with E-state index in [-0.39, 0.29) is 24.9 Å². The summed E-state index contributed by atoms with van der Waals surface area (Å²) < 4.78 is 23.9. The van der Waals surface area contributed by atoms with Gasteiger partial charge in [-0.2, -0.15) is 5.26 Å². The van der Waals surface area contributed by atoms with E-state index >= 15 is 0 Å². The fraction of sp³-hybridized carbons (Fsp3) is 0.158. The number of amides is 1. The Kier molecular flexibility index (Phi) is 6.55. The highest BCUT2D eigenvalue weighted by atomic mass is 19.1. The number of ether oxygens (including phenoxy) is 2. The first-order chi connectivity index (χ1) is 12.1. The van der Waals surface area contributed by atoms with Crippen molar-refractivity contribution in [2.24, 2.45) is 0 Å². The molecular formula is C19H17FN2O3. The third-order valence-electron chi connectivity index (χ3n) is 3.32. The van der Waals surface area contributed by atoms with Crippen molar-refractivity contribution in [1.82, 2.24) is 5.32 Å². The molecule has 1 amide bonds. The van der Waals surface area contributed by atoms with Crippen LogP contribution < -0.4 is 14.8 Å². The number of hydrogen-bond donors (Lipinski definition) is 1. The zero-order chi connectivity index (χ0) is 18.1. The Bertz CT molecular complexity index is 813. The molecular weight excluding hydrogens is 323 g/mol. The lowest BCUT2D eigenvalue weighted by Crippen LogP contribution is -2.20. The topological polar surface area (TPSA) is 71.3 Å². The van der Waals surface area contributed by atoms with Crippen LogP contribution in [-0.2, 0) is 11.3 Å². The molecule has 0 heterocycles. The van der Waals surface area contributed by atoms with Crippen molar-refractivity contribution in [3.8, 4) is 17.6 Å². The molecule has 0 bridgehead atoms. The number of hydrogen-bond acceptors (Lipinski definition) is 4. The molecule has 0 saturated heterocycles. The van der Waals surface area contributed by atoms with E-state index in [0.29, 0.717) is 17.1 Å². The lowest BCUT2D eigenvalue weighted by molar-refractivity contribution is -0.116. The predicted molar refractivity (Wildman–Crippen MR) is 91.4 cm³/mol. The number of methoxy groups -OCH3 is 1. The summed E-state index contributed by atoms with van der Waals surface area (Å²) in [4.78, 5) is 11.9. The molecule has 2 aromatic carbocycles. The first kappa shape index (κ1) is 18.0. The van der Waals surface area contributed by atoms with Gasteiger partial charge in [0.25, 0.3) is 0 Å². The summed E-state index contributed by atoms with van der Waals surface area (Å²) in [6, 6.07) is 13.2. The minimum absolute atomic E-state index is 0.0794. The Labute approximate surface area is 145 Å². The first-order valence-corrected chi connectivity index (χ1v) is 7.51. The molecule has 2 rings (SSSR count). The molecule has 0 aliphatic carbocycles. The van der Waals surface area contributed by atoms with E-state index < -0.39 is 0 Å². The molecule has 0 unspecified atom stereocenters. The van der Waals surface area contributed by atoms with Crippen molar-refractivity contribution in [2.45, 2.75) is 6.54 Å². The Morgan fingerprint density at radius 1 is 1.28 bits per heavy atom. The van der Waals surface area contributed by atoms with Crippen molar-refractivity contribution >= 4 is 12.0 Å². The van der Waals surface area contributed by atoms with Crippen molar-refractivity contribution in [3.63, 3.8) is 0 Å². The van der Waals surface area contributed by atoms with Crippen molar-refractivity contribution in [2.75, 3.05) is 13.7 Å². The van der Waals surface area contributed by atoms with E-state index in [2.05, 4.69) is 5.32 Å². The molecule has 5 nitrogen and oxygen atoms in total. The fourth-order valence-electron chi connectivity index (χ4n) is 2.07. The average Bonchev–Trinajstić information content (AvgIpc) is 2.64. The third kappa shape index (κ3) is 5.36. The van der Waals surface area contributed by atoms with E-state index in [4.69, 9.17) is 14.7 Å². The van der Waals surface area contributed by atoms with Crippen LogP contribution in [0.4, 0.5) is 4.39 Å². The number of halogens is 1. The van der Waals surface area contributed by atoms with Gasteiger partial charge in [-0.05, 0) is 29.8 Å². The number of nitriles is 1. The van der Waals surface area contributed by atoms with Crippen LogP contribution in [0.25, 0.3) is 6.08 Å². The average molecular weight is 340 g/mol. The molecule has 0 atom stereocenters. The summed E-state index contributed by atoms with van der Waals surface area (Å²) >= 11 is 0. The van der Waals surface area contributed by atoms with Gasteiger partial charge in [0.1, 0.15) is 11.9 Å². The van der Waals surface area contributed by atoms with Crippen molar-refractivity contribution < 1.29 is 18.7 Å². The number of nitrogens with zero attached hydrogens (tertiary/aromatic N) is 1. The van der Waals surface area contributed by atoms with Crippen molar-refractivity contribution in [1.29, 1.82) is 5.26 Å². The van der Waals surface area contributed by atoms with Crippen molar-refractivity contribution in [3.05, 3.63) is 65.5 Å². The summed E-state index contributed by atoms with van der Waals surface area (Å²) in [6.07, 6.45) is 2.96. The van der Waals surface area contributed by atoms with Crippen LogP contribution >= 0.6 is 0 Å². The molecule has 25 heavy (non-hydrogen) atoms. The second kappa shape index (κ2) is 9.08. The Hall–Kier alpha value is -3.33. The highest BCUT2D eigenvalue weighted by Gasteiger charge is 2.05. The van der Waals surface area contributed by atoms with E-state index in [1.807, 2.05) is 6.07 Å². The Balaban J connectivity index is 1.97. The minimum Gasteiger partial charge on any atom is -0.493 e. The number of rotatable bonds is 7. The van der Waals surface area contributed by atoms with E-state index in [1.165, 1.54) is 19.3 Å². The van der Waals surface area contributed by atoms with E-state index in [1.54, 1.807) is 42.5 Å². The quantitative estimate of drug-likeness (QED) is 0.786. The SMILES string of the molecule is COc1cc(C=CC(=O)NCc2ccccc2F)ccc1OCC#N. The molecule has 0 spiro atoms. The maximum atomic E-state index is 13.5. The third-order valence-corrected chi connectivity index (χ3v) is 3.32. The molecule has 0 aromatic heterocycles. The second-order valence-electron chi connectivity index (χ2n) is 5.00. The van der Waals surface area contributed by atoms with Gasteiger partial charge in [-0.1, -0.05) is 24.3 Å². The zero-order valence-electron chi connectivity index (χ0n) is 13.7. The summed E-state index contributed by atoms with van der Waals surface area (Å²) in [6.45, 7) is 0.0318. The molecule has 0 radical (unpaired) electrons. The smallest absolute Gasteiger partial charge is 0.244 e. The van der Waals surface area contributed by atoms with Crippen LogP contribution in [0, 0.1) is 17.1 Å². The Morgan fingerprint density at radius 2 is 2.08 bits per heavy atom. The molecule has 128 valence electrons. The van der Waals surface area contributed by atoms with Crippen LogP contribution in [0.2, 0.25) is 0 Å². The van der Waals surface area contributed by atoms with E-state index in [9.17, 15) is 9.18 Å². The number of nitrogens with one attached hydrogen (secondary N) is 1. The van der Waals surface area contributed by atoms with Crippen LogP contribution in [-0.4, -0.2) is 19.6 Å². The van der Waals surface area contributed by atoms with Gasteiger partial charge in [0.15, 0.2) is 18.1 Å². The molecule has 6 heteroatoms. The molecule has 0 aliphatic heterocycles. The van der Waals surface area contributed by atoms with Gasteiger partial charge in [0.2, 0.25) is 5.91 Å². The first-order valence-electron chi connectivity index (χ1n) is 7.51. The highest BCUT2D eigenvalue weighted by molar-refractivity contribution is 5.91. The summed E-state index contributed by atoms with van der Waals surface area (Å²) in [5.41, 5.74) is 1.15. The number of benzene rings is 2. The zero-order valence-corrected chi connectivity index (χ0v) is 13.7. The standard InChI is InChI=1S/C19H17FN2O3/c1-24-18-12-14(6-8-17(18)25-11-10-21)7-9-19(23)22-13-15-4-2-3-5-16(15)20/h2-9,12H,11,13H2,1H3,(H,22,23). The molecule has 0 fully saturated rings. The summed E-state index contributed by atoms with van der Waals surface area (Å²) in [7, 11) is 1.49. The monoisotopic (exact) mass is 340 g/mol. The van der Waals surface area contributed by atoms with Gasteiger partial charge >= 0.3 is 0 Å². The van der Waals surface area contributed by atoms with E-state index in [0.717, 1.165) is 5.56 Å². The second-order valence-corrected chi connectivity index (χ2v) is 5.00. The summed E-state index contributed by atoms with van der Waals surface area (Å²) in [5.74, 6) is 0.214. The molecule has 0 aliphatic rings. The fourth-order valence-corrected chi connectivity index (χ4v) is 2.07. The lowest BCUT2D eigenvalue weighted by Gasteiger charge is -2.08. The maximum Gasteiger partial charge on any atom is 0.244 e. The molecule has 0 saturated carbocycles. The van der Waals surface area contributed by atoms with Gasteiger partial charge in [0, 0.05) is 18.2 Å². The lowest BCUT2D eigenvalue weighted by atomic mass is 10.2. The molecule has 2 aromatic rings. The van der Waals surface area contributed by atoms with Crippen LogP contribution in [0.15, 0.2) is 48.5 Å². The van der Waals surface area contributed by atoms with Crippen LogP contribution in [0.1, 0.15) is 11.1 Å². The van der Waals surface area contributed by atoms with Crippen LogP contribution in [0.5, 0.6) is 11.5 Å². The molecule has 1 N–H and O–H groups in total. The van der Waals surface area contributed by atoms with Gasteiger partial charge in [0.05, 0.1) is 7.11 Å². The minimum atomic E-state index is -0.357. The van der Waals surface area contributed by atoms with Gasteiger partial charge in [-0.15, -0.1) is 0 Å². The van der Waals surface area contributed by atoms with Gasteiger partial charge < -0.3 is 14.8 Å². The number of carbonyl (C=O) groups excluding carboxylic acids is 1. The maximum absolute atomic E-state index is 13.5. The Morgan fingerprint density at radius 3 is 2.80 bits per heavy atom. The van der Waals surface area contributed by atoms with Crippen LogP contribution in [0.3, 0.4) is 0 Å². The normalized spacial score (nSPS) is 10.3. The van der Waals surface area contributed by atoms with Gasteiger partial charge in [-0.25, -0.2) is 4.39 Å². The largest absolute Gasteiger partial charge is 0.493 e. The summed E-state index contributed by atoms with van der Waals surface area (Å²) in [5, 5.41) is 11.2.